The van der Waals surface area contributed by atoms with E-state index in [1.807, 2.05) is 114 Å². The lowest BCUT2D eigenvalue weighted by Gasteiger charge is -2.31. The van der Waals surface area contributed by atoms with Crippen molar-refractivity contribution in [1.82, 2.24) is 28.5 Å². The number of esters is 1. The number of nitro groups is 2. The van der Waals surface area contributed by atoms with Gasteiger partial charge in [0.05, 0.1) is 76.9 Å². The van der Waals surface area contributed by atoms with Gasteiger partial charge < -0.3 is 40.5 Å². The number of piperidine rings is 2. The number of anilines is 1. The maximum absolute atomic E-state index is 13.2. The summed E-state index contributed by atoms with van der Waals surface area (Å²) in [5.74, 6) is -0.409. The first-order chi connectivity index (χ1) is 54.8. The molecule has 9 aromatic rings. The van der Waals surface area contributed by atoms with E-state index in [-0.39, 0.29) is 76.0 Å². The van der Waals surface area contributed by atoms with E-state index in [0.717, 1.165) is 94.3 Å². The topological polar surface area (TPSA) is 406 Å². The number of nitrogen functional groups attached to an aromatic ring is 1. The van der Waals surface area contributed by atoms with E-state index in [1.165, 1.54) is 63.4 Å². The Balaban J connectivity index is 0.000000680. The molecular formula is C77H96Br6FIN10O19S. The molecule has 29 nitrogen and oxygen atoms in total. The number of aromatic nitrogens is 4. The molecule has 7 aromatic carbocycles. The van der Waals surface area contributed by atoms with E-state index in [2.05, 4.69) is 124 Å². The number of methoxy groups -OCH3 is 2. The van der Waals surface area contributed by atoms with Gasteiger partial charge >= 0.3 is 23.0 Å². The zero-order chi connectivity index (χ0) is 88.1. The normalized spacial score (nSPS) is 13.7. The van der Waals surface area contributed by atoms with Crippen LogP contribution in [0, 0.1) is 26.0 Å². The van der Waals surface area contributed by atoms with Gasteiger partial charge in [0.2, 0.25) is 23.5 Å². The van der Waals surface area contributed by atoms with Crippen molar-refractivity contribution in [3.8, 4) is 11.5 Å². The number of hydrogen-bond donors (Lipinski definition) is 5. The van der Waals surface area contributed by atoms with Crippen LogP contribution in [0.4, 0.5) is 21.5 Å². The number of aliphatic hydroxyl groups is 1. The number of carbonyl (C=O) groups excluding carboxylic acids is 5. The van der Waals surface area contributed by atoms with Crippen LogP contribution >= 0.6 is 118 Å². The number of H-pyrrole nitrogens is 1. The predicted octanol–water partition coefficient (Wildman–Crippen LogP) is 16.2. The molecule has 38 heteroatoms. The maximum Gasteiger partial charge on any atom is 0.329 e. The van der Waals surface area contributed by atoms with Crippen molar-refractivity contribution in [2.24, 2.45) is 19.8 Å². The third-order valence-electron chi connectivity index (χ3n) is 15.5. The van der Waals surface area contributed by atoms with Crippen LogP contribution in [0.3, 0.4) is 0 Å². The van der Waals surface area contributed by atoms with Gasteiger partial charge in [0.15, 0.2) is 0 Å². The van der Waals surface area contributed by atoms with Crippen molar-refractivity contribution >= 4 is 197 Å². The smallest absolute Gasteiger partial charge is 0.329 e. The van der Waals surface area contributed by atoms with E-state index < -0.39 is 32.6 Å². The van der Waals surface area contributed by atoms with E-state index >= 15 is 0 Å². The van der Waals surface area contributed by atoms with Crippen molar-refractivity contribution in [2.45, 2.75) is 110 Å². The number of likely N-dealkylation sites (tertiary alicyclic amines) is 2. The molecule has 3 fully saturated rings. The van der Waals surface area contributed by atoms with Gasteiger partial charge in [-0.2, -0.15) is 12.8 Å². The molecule has 3 aliphatic rings. The number of aliphatic hydroxyl groups excluding tert-OH is 1. The molecule has 115 heavy (non-hydrogen) atoms. The van der Waals surface area contributed by atoms with Gasteiger partial charge in [0.25, 0.3) is 21.7 Å². The average molecular weight is 2120 g/mol. The second-order valence-corrected chi connectivity index (χ2v) is 30.8. The van der Waals surface area contributed by atoms with Crippen LogP contribution in [0.15, 0.2) is 171 Å². The quantitative estimate of drug-likeness (QED) is 0.0111. The average Bonchev–Trinajstić information content (AvgIpc) is 1.59. The monoisotopic (exact) mass is 2120 g/mol. The van der Waals surface area contributed by atoms with Gasteiger partial charge in [-0.25, -0.2) is 9.59 Å². The number of ether oxygens (including phenoxy) is 4. The molecule has 0 bridgehead atoms. The number of halogens is 8. The van der Waals surface area contributed by atoms with E-state index in [4.69, 9.17) is 31.0 Å². The van der Waals surface area contributed by atoms with Gasteiger partial charge in [0.1, 0.15) is 17.5 Å². The van der Waals surface area contributed by atoms with Gasteiger partial charge in [0, 0.05) is 101 Å². The first-order valence-corrected chi connectivity index (χ1v) is 43.1. The lowest BCUT2D eigenvalue weighted by molar-refractivity contribution is -0.387. The van der Waals surface area contributed by atoms with E-state index in [0.29, 0.717) is 65.7 Å². The SMILES string of the molecule is C1CCOC1.CCO.CCOC(C)=O.CCc1cc(Br)ccc1N.CCc1cc(Br)ccc1[N+](=O)[O-].CN.COc1ccc(CN2C(=O)CCC(Br)C2=O)cc1.COc1ccc(CN2C(=O)CCC(n3c(=O)n(C)c4cc(Br)ccc43)C2=O)cc1.CS(=O)(=O)O.Cn1c(=O)[nH]c2ccc(Br)cc21.O=[N+]([O-])c1ccc(Br)cc1F.[2H]CI. The summed E-state index contributed by atoms with van der Waals surface area (Å²) in [7, 11) is 4.44. The number of imidazole rings is 2. The van der Waals surface area contributed by atoms with Crippen LogP contribution in [0.25, 0.3) is 22.1 Å². The van der Waals surface area contributed by atoms with E-state index in [9.17, 15) is 66.6 Å². The number of aromatic amines is 1. The highest BCUT2D eigenvalue weighted by Crippen LogP contribution is 2.31. The summed E-state index contributed by atoms with van der Waals surface area (Å²) >= 11 is 21.6. The van der Waals surface area contributed by atoms with Gasteiger partial charge in [-0.3, -0.25) is 72.3 Å². The fourth-order valence-corrected chi connectivity index (χ4v) is 12.4. The number of nitrogens with one attached hydrogen (secondary N) is 1. The number of nitrogens with zero attached hydrogens (tertiary/aromatic N) is 7. The molecule has 0 spiro atoms. The van der Waals surface area contributed by atoms with Crippen molar-refractivity contribution < 1.29 is 76.6 Å². The van der Waals surface area contributed by atoms with Crippen LogP contribution in [-0.4, -0.2) is 150 Å². The number of imide groups is 2. The zero-order valence-electron chi connectivity index (χ0n) is 66.1. The summed E-state index contributed by atoms with van der Waals surface area (Å²) in [5, 5.41) is 28.1. The Morgan fingerprint density at radius 3 is 1.50 bits per heavy atom. The molecule has 12 rings (SSSR count). The molecule has 2 unspecified atom stereocenters. The van der Waals surface area contributed by atoms with Crippen LogP contribution in [0.2, 0.25) is 0 Å². The summed E-state index contributed by atoms with van der Waals surface area (Å²) in [6.45, 7) is 12.1. The Labute approximate surface area is 732 Å². The molecule has 0 radical (unpaired) electrons. The largest absolute Gasteiger partial charge is 0.497 e. The second kappa shape index (κ2) is 55.9. The molecule has 4 amide bonds. The highest BCUT2D eigenvalue weighted by atomic mass is 127. The standard InChI is InChI=1S/C21H20BrN3O4.C13H14BrNO3.C8H7BrN2O.C8H8BrNO2.C8H10BrN.C6H3BrFNO2.C4H8O2.C4H8O.C2H6O.CH3I.CH5N.CH4O3S/c1-23-18-11-14(22)5-8-16(18)25(21(23)28)17-9-10-19(26)24(20(17)27)12-13-3-6-15(29-2)7-4-13;1-18-10-4-2-9(3-5-10)8-15-12(16)7-6-11(14)13(15)17;1-11-7-4-5(9)2-3-6(7)10-8(11)12;1-2-6-5-7(9)3-4-8(6)10(11)12;1-2-6-5-7(9)3-4-8(6)10;7-4-1-2-6(9(10)11)5(8)3-4;1-3-6-4(2)5;1-2-4-5-3-1;1-2-3;2*1-2;1-5(2,3)4/h3-8,11,17H,9-10,12H2,1-2H3;2-5,11H,6-8H2,1H3;2-4H,1H3,(H,10,12);3-5H,2H2,1H3;3-5H,2,10H2,1H3;1-3H;3H2,1-2H3;1-4H2;3H,2H2,1H3;1H3;2H2,1H3;1H3,(H,2,3,4)/i;;;;;;;;;1D;;. The molecule has 7 N–H and O–H groups in total. The number of rotatable bonds is 12. The first kappa shape index (κ1) is 103. The maximum atomic E-state index is 13.2. The van der Waals surface area contributed by atoms with Crippen molar-refractivity contribution in [2.75, 3.05) is 64.6 Å². The third kappa shape index (κ3) is 37.7. The number of alkyl halides is 2. The lowest BCUT2D eigenvalue weighted by Crippen LogP contribution is -2.47. The molecule has 3 saturated heterocycles. The summed E-state index contributed by atoms with van der Waals surface area (Å²) in [5.41, 5.74) is 17.3. The summed E-state index contributed by atoms with van der Waals surface area (Å²) in [6, 6.07) is 39.5. The molecule has 2 aromatic heterocycles. The molecule has 5 heterocycles. The Morgan fingerprint density at radius 1 is 0.661 bits per heavy atom. The van der Waals surface area contributed by atoms with Crippen LogP contribution in [0.1, 0.15) is 103 Å². The number of amides is 4. The Morgan fingerprint density at radius 2 is 1.08 bits per heavy atom. The van der Waals surface area contributed by atoms with Gasteiger partial charge in [-0.15, -0.1) is 0 Å². The van der Waals surface area contributed by atoms with Crippen molar-refractivity contribution in [3.05, 3.63) is 231 Å². The number of hydrogen-bond acceptors (Lipinski definition) is 20. The molecule has 2 atom stereocenters. The fraction of sp³-hybridized carbons (Fsp3) is 0.364. The summed E-state index contributed by atoms with van der Waals surface area (Å²) < 4.78 is 73.2. The number of fused-ring (bicyclic) bond motifs is 2. The summed E-state index contributed by atoms with van der Waals surface area (Å²) in [6.07, 6.45) is 6.46. The minimum atomic E-state index is -3.67. The van der Waals surface area contributed by atoms with Gasteiger partial charge in [-0.1, -0.05) is 156 Å². The Hall–Kier alpha value is -7.64. The highest BCUT2D eigenvalue weighted by Gasteiger charge is 2.38. The van der Waals surface area contributed by atoms with Crippen molar-refractivity contribution in [1.29, 1.82) is 0 Å². The van der Waals surface area contributed by atoms with Crippen LogP contribution < -0.4 is 32.3 Å². The van der Waals surface area contributed by atoms with Crippen LogP contribution in [-0.2, 0) is 83.6 Å². The minimum Gasteiger partial charge on any atom is -0.497 e. The predicted molar refractivity (Wildman–Crippen MR) is 475 cm³/mol. The van der Waals surface area contributed by atoms with Gasteiger partial charge in [-0.05, 0) is 184 Å². The zero-order valence-corrected chi connectivity index (χ0v) is 77.6. The molecule has 3 aliphatic heterocycles. The highest BCUT2D eigenvalue weighted by molar-refractivity contribution is 14.1. The number of nitrogens with two attached hydrogens (primary N) is 2. The molecule has 0 aliphatic carbocycles. The number of benzene rings is 7. The Kier molecular flexibility index (Phi) is 50.3. The Bertz CT molecular complexity index is 4850. The molecule has 0 saturated carbocycles. The lowest BCUT2D eigenvalue weighted by atomic mass is 10.0. The second-order valence-electron chi connectivity index (χ2n) is 23.6. The summed E-state index contributed by atoms with van der Waals surface area (Å²) in [4.78, 5) is 108. The molecule has 630 valence electrons. The number of carbonyl (C=O) groups is 5. The molecular weight excluding hydrogens is 2030 g/mol. The van der Waals surface area contributed by atoms with Crippen molar-refractivity contribution in [3.63, 3.8) is 0 Å². The van der Waals surface area contributed by atoms with E-state index in [1.54, 1.807) is 71.0 Å². The third-order valence-corrected chi connectivity index (χ3v) is 18.9. The fourth-order valence-electron chi connectivity index (χ4n) is 10.1. The first-order valence-electron chi connectivity index (χ1n) is 35.5. The minimum absolute atomic E-state index is 0.0805. The number of aryl methyl sites for hydroxylation is 4. The number of nitro benzene ring substituents is 2. The van der Waals surface area contributed by atoms with Crippen LogP contribution in [0.5, 0.6) is 11.5 Å².